The Balaban J connectivity index is 0.000000250. The van der Waals surface area contributed by atoms with Crippen molar-refractivity contribution >= 4 is 11.8 Å². The third kappa shape index (κ3) is 8.92. The van der Waals surface area contributed by atoms with E-state index in [1.165, 1.54) is 12.4 Å². The molecule has 4 heterocycles. The number of pyridine rings is 2. The molecule has 6 rings (SSSR count). The highest BCUT2D eigenvalue weighted by molar-refractivity contribution is 5.94. The van der Waals surface area contributed by atoms with E-state index in [1.807, 2.05) is 62.4 Å². The number of benzene rings is 2. The van der Waals surface area contributed by atoms with Gasteiger partial charge in [0.15, 0.2) is 11.6 Å². The van der Waals surface area contributed by atoms with Gasteiger partial charge in [-0.05, 0) is 38.1 Å². The lowest BCUT2D eigenvalue weighted by molar-refractivity contribution is -0.567. The molecule has 48 heavy (non-hydrogen) atoms. The van der Waals surface area contributed by atoms with E-state index in [0.717, 1.165) is 44.2 Å². The van der Waals surface area contributed by atoms with Gasteiger partial charge in [-0.1, -0.05) is 59.7 Å². The van der Waals surface area contributed by atoms with E-state index in [1.54, 1.807) is 49.1 Å². The van der Waals surface area contributed by atoms with Crippen molar-refractivity contribution in [3.8, 4) is 45.3 Å². The SMILES string of the molecule is Cc1ccc(-c2ncc(C(=O)[NH2+]N)c(-c3ccncc3)n2)cc1.Cc1ccc(-c2ncc(C(=O)[NH2+]N)c(-c3ccncc3)n2)cc1.[Cl-].[Cl-]. The van der Waals surface area contributed by atoms with E-state index in [0.29, 0.717) is 34.2 Å². The molecule has 0 saturated carbocycles. The fourth-order valence-electron chi connectivity index (χ4n) is 4.45. The lowest BCUT2D eigenvalue weighted by atomic mass is 10.1. The van der Waals surface area contributed by atoms with Crippen molar-refractivity contribution in [1.82, 2.24) is 29.9 Å². The maximum absolute atomic E-state index is 12.0. The van der Waals surface area contributed by atoms with Gasteiger partial charge in [0.05, 0.1) is 11.4 Å². The Kier molecular flexibility index (Phi) is 13.6. The predicted molar refractivity (Wildman–Crippen MR) is 172 cm³/mol. The first-order chi connectivity index (χ1) is 22.4. The van der Waals surface area contributed by atoms with Crippen molar-refractivity contribution in [2.75, 3.05) is 0 Å². The van der Waals surface area contributed by atoms with Gasteiger partial charge in [0.1, 0.15) is 11.1 Å². The standard InChI is InChI=1S/2C17H15N5O.2ClH/c2*1-11-2-4-13(5-3-11)16-20-10-14(17(23)22-18)15(21-16)12-6-8-19-9-7-12;;/h2*2-10H,18H2,1H3,(H,22,23);2*1H. The normalized spacial score (nSPS) is 10.1. The summed E-state index contributed by atoms with van der Waals surface area (Å²) in [6.45, 7) is 4.04. The van der Waals surface area contributed by atoms with Crippen LogP contribution in [0.2, 0.25) is 0 Å². The summed E-state index contributed by atoms with van der Waals surface area (Å²) in [4.78, 5) is 49.8. The molecule has 0 spiro atoms. The largest absolute Gasteiger partial charge is 1.00 e. The first-order valence-corrected chi connectivity index (χ1v) is 14.3. The second-order valence-corrected chi connectivity index (χ2v) is 10.2. The van der Waals surface area contributed by atoms with E-state index in [-0.39, 0.29) is 36.6 Å². The van der Waals surface area contributed by atoms with Crippen molar-refractivity contribution < 1.29 is 45.3 Å². The Bertz CT molecular complexity index is 1820. The first kappa shape index (κ1) is 37.1. The highest BCUT2D eigenvalue weighted by atomic mass is 35.5. The first-order valence-electron chi connectivity index (χ1n) is 14.3. The van der Waals surface area contributed by atoms with Crippen LogP contribution in [0.15, 0.2) is 110 Å². The number of nitrogens with two attached hydrogens (primary N) is 4. The molecule has 0 radical (unpaired) electrons. The number of aryl methyl sites for hydroxylation is 2. The second kappa shape index (κ2) is 17.5. The molecule has 0 aliphatic carbocycles. The smallest absolute Gasteiger partial charge is 0.365 e. The third-order valence-corrected chi connectivity index (χ3v) is 6.94. The van der Waals surface area contributed by atoms with E-state index >= 15 is 0 Å². The molecule has 0 unspecified atom stereocenters. The Morgan fingerprint density at radius 1 is 0.521 bits per heavy atom. The van der Waals surface area contributed by atoms with Crippen LogP contribution in [0.25, 0.3) is 45.3 Å². The van der Waals surface area contributed by atoms with Crippen molar-refractivity contribution in [3.63, 3.8) is 0 Å². The number of carbonyl (C=O) groups excluding carboxylic acids is 2. The zero-order valence-corrected chi connectivity index (χ0v) is 27.5. The number of quaternary nitrogens is 2. The van der Waals surface area contributed by atoms with Gasteiger partial charge < -0.3 is 24.8 Å². The van der Waals surface area contributed by atoms with E-state index in [2.05, 4.69) is 29.9 Å². The van der Waals surface area contributed by atoms with Gasteiger partial charge in [0.25, 0.3) is 0 Å². The summed E-state index contributed by atoms with van der Waals surface area (Å²) in [5.74, 6) is 11.2. The fraction of sp³-hybridized carbons (Fsp3) is 0.0588. The Morgan fingerprint density at radius 2 is 0.854 bits per heavy atom. The molecule has 0 atom stereocenters. The molecule has 0 bridgehead atoms. The zero-order valence-electron chi connectivity index (χ0n) is 26.0. The summed E-state index contributed by atoms with van der Waals surface area (Å²) in [6, 6.07) is 23.0. The van der Waals surface area contributed by atoms with Gasteiger partial charge in [-0.2, -0.15) is 11.7 Å². The molecular formula is C34H32Cl2N10O2. The fourth-order valence-corrected chi connectivity index (χ4v) is 4.45. The summed E-state index contributed by atoms with van der Waals surface area (Å²) < 4.78 is 0. The van der Waals surface area contributed by atoms with Crippen molar-refractivity contribution in [1.29, 1.82) is 0 Å². The van der Waals surface area contributed by atoms with E-state index < -0.39 is 0 Å². The summed E-state index contributed by atoms with van der Waals surface area (Å²) in [5, 5.41) is 0. The molecule has 0 aliphatic heterocycles. The molecule has 4 aromatic heterocycles. The van der Waals surface area contributed by atoms with Gasteiger partial charge in [0, 0.05) is 59.4 Å². The maximum Gasteiger partial charge on any atom is 0.365 e. The average Bonchev–Trinajstić information content (AvgIpc) is 3.12. The summed E-state index contributed by atoms with van der Waals surface area (Å²) in [5.41, 5.74) is 9.56. The molecule has 12 nitrogen and oxygen atoms in total. The molecule has 2 aromatic carbocycles. The van der Waals surface area contributed by atoms with Gasteiger partial charge in [-0.25, -0.2) is 40.4 Å². The third-order valence-electron chi connectivity index (χ3n) is 6.94. The molecule has 0 aliphatic rings. The van der Waals surface area contributed by atoms with Crippen LogP contribution < -0.4 is 47.4 Å². The van der Waals surface area contributed by atoms with Crippen LogP contribution >= 0.6 is 0 Å². The number of aromatic nitrogens is 6. The number of hydrogen-bond donors (Lipinski definition) is 4. The highest BCUT2D eigenvalue weighted by Crippen LogP contribution is 2.25. The van der Waals surface area contributed by atoms with Gasteiger partial charge in [0.2, 0.25) is 0 Å². The van der Waals surface area contributed by atoms with Gasteiger partial charge >= 0.3 is 11.8 Å². The lowest BCUT2D eigenvalue weighted by Gasteiger charge is -2.08. The molecular weight excluding hydrogens is 651 g/mol. The average molecular weight is 684 g/mol. The monoisotopic (exact) mass is 682 g/mol. The van der Waals surface area contributed by atoms with Crippen LogP contribution in [-0.4, -0.2) is 41.7 Å². The number of halogens is 2. The van der Waals surface area contributed by atoms with E-state index in [9.17, 15) is 9.59 Å². The number of hydrogen-bond acceptors (Lipinski definition) is 10. The number of nitrogens with zero attached hydrogens (tertiary/aromatic N) is 6. The topological polar surface area (TPSA) is 197 Å². The minimum absolute atomic E-state index is 0. The quantitative estimate of drug-likeness (QED) is 0.0768. The predicted octanol–water partition coefficient (Wildman–Crippen LogP) is -3.81. The van der Waals surface area contributed by atoms with Crippen LogP contribution in [0.3, 0.4) is 0 Å². The van der Waals surface area contributed by atoms with Crippen molar-refractivity contribution in [2.45, 2.75) is 13.8 Å². The number of primary amides is 2. The molecule has 2 amide bonds. The van der Waals surface area contributed by atoms with Crippen LogP contribution in [0.1, 0.15) is 31.8 Å². The van der Waals surface area contributed by atoms with Crippen LogP contribution in [0.4, 0.5) is 0 Å². The Labute approximate surface area is 289 Å². The molecule has 0 fully saturated rings. The van der Waals surface area contributed by atoms with Gasteiger partial charge in [-0.15, -0.1) is 0 Å². The Hall–Kier alpha value is -5.34. The number of rotatable bonds is 6. The number of carbonyl (C=O) groups is 2. The second-order valence-electron chi connectivity index (χ2n) is 10.2. The molecule has 6 aromatic rings. The van der Waals surface area contributed by atoms with Crippen molar-refractivity contribution in [2.24, 2.45) is 11.7 Å². The minimum Gasteiger partial charge on any atom is -1.00 e. The van der Waals surface area contributed by atoms with Gasteiger partial charge in [-0.3, -0.25) is 9.97 Å². The Morgan fingerprint density at radius 3 is 1.17 bits per heavy atom. The summed E-state index contributed by atoms with van der Waals surface area (Å²) in [6.07, 6.45) is 9.66. The molecule has 8 N–H and O–H groups in total. The lowest BCUT2D eigenvalue weighted by Crippen LogP contribution is -3.00. The zero-order chi connectivity index (χ0) is 32.5. The van der Waals surface area contributed by atoms with Crippen molar-refractivity contribution in [3.05, 3.63) is 132 Å². The molecule has 14 heteroatoms. The molecule has 244 valence electrons. The minimum atomic E-state index is -0.313. The number of amides is 2. The van der Waals surface area contributed by atoms with Crippen LogP contribution in [0, 0.1) is 13.8 Å². The van der Waals surface area contributed by atoms with Crippen LogP contribution in [0.5, 0.6) is 0 Å². The molecule has 0 saturated heterocycles. The highest BCUT2D eigenvalue weighted by Gasteiger charge is 2.20. The summed E-state index contributed by atoms with van der Waals surface area (Å²) in [7, 11) is 0. The summed E-state index contributed by atoms with van der Waals surface area (Å²) >= 11 is 0. The van der Waals surface area contributed by atoms with Crippen LogP contribution in [-0.2, 0) is 0 Å². The maximum atomic E-state index is 12.0. The van der Waals surface area contributed by atoms with E-state index in [4.69, 9.17) is 11.7 Å².